The number of pyridine rings is 2. The van der Waals surface area contributed by atoms with Crippen LogP contribution in [0, 0.1) is 0 Å². The summed E-state index contributed by atoms with van der Waals surface area (Å²) in [4.78, 5) is 0. The van der Waals surface area contributed by atoms with Gasteiger partial charge in [0.05, 0.1) is 22.1 Å². The highest BCUT2D eigenvalue weighted by atomic mass is 15.0. The van der Waals surface area contributed by atoms with Gasteiger partial charge in [0.15, 0.2) is 0 Å². The molecule has 0 spiro atoms. The lowest BCUT2D eigenvalue weighted by Gasteiger charge is -2.32. The topological polar surface area (TPSA) is 9.86 Å². The Labute approximate surface area is 312 Å². The lowest BCUT2D eigenvalue weighted by Crippen LogP contribution is -2.11. The van der Waals surface area contributed by atoms with Crippen LogP contribution in [0.2, 0.25) is 0 Å². The van der Waals surface area contributed by atoms with E-state index in [0.717, 1.165) is 11.4 Å². The molecule has 10 aromatic rings. The Bertz CT molecular complexity index is 3110. The summed E-state index contributed by atoms with van der Waals surface area (Å²) in [7, 11) is 0. The molecule has 0 aliphatic carbocycles. The number of hydrogen-bond acceptors (Lipinski definition) is 0. The number of nitrogens with zero attached hydrogens (tertiary/aromatic N) is 2. The molecule has 0 radical (unpaired) electrons. The van der Waals surface area contributed by atoms with Gasteiger partial charge in [0, 0.05) is 44.0 Å². The number of fused-ring (bicyclic) bond motifs is 6. The van der Waals surface area contributed by atoms with Gasteiger partial charge in [0.25, 0.3) is 0 Å². The third-order valence-corrected chi connectivity index (χ3v) is 11.6. The summed E-state index contributed by atoms with van der Waals surface area (Å²) in [5, 5.41) is 10.1. The van der Waals surface area contributed by atoms with Gasteiger partial charge < -0.3 is 9.13 Å². The van der Waals surface area contributed by atoms with Crippen molar-refractivity contribution in [3.8, 4) is 44.8 Å². The molecule has 2 nitrogen and oxygen atoms in total. The first kappa shape index (κ1) is 29.4. The quantitative estimate of drug-likeness (QED) is 0.129. The van der Waals surface area contributed by atoms with Gasteiger partial charge in [0.1, 0.15) is 0 Å². The molecule has 0 unspecified atom stereocenters. The number of para-hydroxylation sites is 2. The predicted octanol–water partition coefficient (Wildman–Crippen LogP) is 14.1. The van der Waals surface area contributed by atoms with Crippen molar-refractivity contribution in [2.45, 2.75) is 0 Å². The van der Waals surface area contributed by atoms with Gasteiger partial charge in [-0.2, -0.15) is 0 Å². The minimum atomic E-state index is 1.15. The molecule has 0 atom stereocenters. The van der Waals surface area contributed by atoms with Gasteiger partial charge >= 0.3 is 0 Å². The van der Waals surface area contributed by atoms with Crippen LogP contribution in [0.3, 0.4) is 0 Å². The largest absolute Gasteiger partial charge is 0.309 e. The molecular formula is C52H32N2. The monoisotopic (exact) mass is 684 g/mol. The second kappa shape index (κ2) is 11.2. The van der Waals surface area contributed by atoms with E-state index < -0.39 is 0 Å². The van der Waals surface area contributed by atoms with Crippen LogP contribution in [0.15, 0.2) is 194 Å². The second-order valence-corrected chi connectivity index (χ2v) is 14.4. The third kappa shape index (κ3) is 4.00. The molecule has 54 heavy (non-hydrogen) atoms. The van der Waals surface area contributed by atoms with Crippen LogP contribution in [-0.2, 0) is 0 Å². The average molecular weight is 685 g/mol. The fourth-order valence-electron chi connectivity index (χ4n) is 9.39. The smallest absolute Gasteiger partial charge is 0.0626 e. The SMILES string of the molecule is c1ccc(-c2cc3c4ccccc4c4c5c3c(c2)n(-c2ccccc2)c2c-5c3c(cc(-c5ccccc5)cc3n4-c3ccccc3)c3ccccc32)cc1. The highest BCUT2D eigenvalue weighted by molar-refractivity contribution is 6.38. The maximum absolute atomic E-state index is 2.56. The number of hydrogen-bond donors (Lipinski definition) is 0. The van der Waals surface area contributed by atoms with Crippen molar-refractivity contribution < 1.29 is 0 Å². The van der Waals surface area contributed by atoms with Crippen LogP contribution < -0.4 is 0 Å². The first-order valence-electron chi connectivity index (χ1n) is 18.7. The Morgan fingerprint density at radius 1 is 0.259 bits per heavy atom. The molecule has 0 saturated carbocycles. The molecule has 250 valence electrons. The Hall–Kier alpha value is -7.16. The lowest BCUT2D eigenvalue weighted by molar-refractivity contribution is 1.15. The number of benzene rings is 10. The van der Waals surface area contributed by atoms with E-state index in [9.17, 15) is 0 Å². The zero-order valence-corrected chi connectivity index (χ0v) is 29.4. The Balaban J connectivity index is 1.46. The van der Waals surface area contributed by atoms with Crippen LogP contribution in [0.1, 0.15) is 0 Å². The molecule has 0 aromatic heterocycles. The molecule has 12 rings (SSSR count). The van der Waals surface area contributed by atoms with Gasteiger partial charge in [-0.15, -0.1) is 0 Å². The molecular weight excluding hydrogens is 653 g/mol. The van der Waals surface area contributed by atoms with Crippen LogP contribution in [0.25, 0.3) is 110 Å². The van der Waals surface area contributed by atoms with E-state index in [-0.39, 0.29) is 0 Å². The fraction of sp³-hybridized carbons (Fsp3) is 0. The zero-order chi connectivity index (χ0) is 35.3. The summed E-state index contributed by atoms with van der Waals surface area (Å²) >= 11 is 0. The Morgan fingerprint density at radius 2 is 0.593 bits per heavy atom. The van der Waals surface area contributed by atoms with Crippen molar-refractivity contribution in [2.24, 2.45) is 0 Å². The molecule has 2 heterocycles. The van der Waals surface area contributed by atoms with E-state index >= 15 is 0 Å². The Kier molecular flexibility index (Phi) is 6.09. The normalized spacial score (nSPS) is 12.1. The van der Waals surface area contributed by atoms with Crippen LogP contribution in [0.5, 0.6) is 0 Å². The first-order chi connectivity index (χ1) is 26.8. The maximum Gasteiger partial charge on any atom is 0.0626 e. The van der Waals surface area contributed by atoms with Gasteiger partial charge in [-0.05, 0) is 92.3 Å². The summed E-state index contributed by atoms with van der Waals surface area (Å²) in [6, 6.07) is 71.5. The first-order valence-corrected chi connectivity index (χ1v) is 18.7. The van der Waals surface area contributed by atoms with Crippen LogP contribution in [-0.4, -0.2) is 9.13 Å². The van der Waals surface area contributed by atoms with Gasteiger partial charge in [-0.1, -0.05) is 146 Å². The summed E-state index contributed by atoms with van der Waals surface area (Å²) < 4.78 is 5.12. The third-order valence-electron chi connectivity index (χ3n) is 11.6. The molecule has 2 aliphatic heterocycles. The van der Waals surface area contributed by atoms with Crippen molar-refractivity contribution >= 4 is 65.2 Å². The molecule has 0 amide bonds. The van der Waals surface area contributed by atoms with Crippen LogP contribution >= 0.6 is 0 Å². The summed E-state index contributed by atoms with van der Waals surface area (Å²) in [6.45, 7) is 0. The van der Waals surface area contributed by atoms with E-state index in [1.165, 1.54) is 98.5 Å². The summed E-state index contributed by atoms with van der Waals surface area (Å²) in [5.41, 5.74) is 14.6. The van der Waals surface area contributed by atoms with Crippen molar-refractivity contribution in [3.05, 3.63) is 194 Å². The molecule has 0 bridgehead atoms. The highest BCUT2D eigenvalue weighted by Gasteiger charge is 2.31. The summed E-state index contributed by atoms with van der Waals surface area (Å²) in [6.07, 6.45) is 0. The highest BCUT2D eigenvalue weighted by Crippen LogP contribution is 2.55. The van der Waals surface area contributed by atoms with E-state index in [1.54, 1.807) is 0 Å². The van der Waals surface area contributed by atoms with E-state index in [4.69, 9.17) is 0 Å². The lowest BCUT2D eigenvalue weighted by atomic mass is 9.81. The second-order valence-electron chi connectivity index (χ2n) is 14.4. The molecule has 0 saturated heterocycles. The van der Waals surface area contributed by atoms with Gasteiger partial charge in [-0.3, -0.25) is 0 Å². The minimum absolute atomic E-state index is 1.15. The van der Waals surface area contributed by atoms with Gasteiger partial charge in [0.2, 0.25) is 0 Å². The van der Waals surface area contributed by atoms with Crippen molar-refractivity contribution in [2.75, 3.05) is 0 Å². The zero-order valence-electron chi connectivity index (χ0n) is 29.4. The molecule has 0 fully saturated rings. The van der Waals surface area contributed by atoms with Crippen LogP contribution in [0.4, 0.5) is 0 Å². The summed E-state index contributed by atoms with van der Waals surface area (Å²) in [5.74, 6) is 0. The molecule has 2 heteroatoms. The van der Waals surface area contributed by atoms with Crippen molar-refractivity contribution in [1.29, 1.82) is 0 Å². The van der Waals surface area contributed by atoms with E-state index in [0.29, 0.717) is 0 Å². The van der Waals surface area contributed by atoms with Crippen molar-refractivity contribution in [1.82, 2.24) is 9.13 Å². The molecule has 2 aliphatic rings. The minimum Gasteiger partial charge on any atom is -0.309 e. The molecule has 0 N–H and O–H groups in total. The standard InChI is InChI=1S/C52H32N2/c1-5-17-33(18-6-1)35-29-43-39-25-13-15-27-41(39)52-49-47(43)45(31-35)53(37-21-9-3-10-22-37)51-42-28-16-14-26-40(42)44-30-36(34-19-7-2-8-20-34)32-46(48(44)50(49)51)54(52)38-23-11-4-12-24-38/h1-32H. The average Bonchev–Trinajstić information content (AvgIpc) is 3.25. The molecule has 10 aromatic carbocycles. The Morgan fingerprint density at radius 3 is 0.981 bits per heavy atom. The predicted molar refractivity (Wildman–Crippen MR) is 229 cm³/mol. The maximum atomic E-state index is 2.56. The van der Waals surface area contributed by atoms with E-state index in [1.807, 2.05) is 0 Å². The van der Waals surface area contributed by atoms with E-state index in [2.05, 4.69) is 203 Å². The fourth-order valence-corrected chi connectivity index (χ4v) is 9.39. The van der Waals surface area contributed by atoms with Gasteiger partial charge in [-0.25, -0.2) is 0 Å². The number of rotatable bonds is 4. The van der Waals surface area contributed by atoms with Crippen molar-refractivity contribution in [3.63, 3.8) is 0 Å². The number of aromatic nitrogens is 2.